The van der Waals surface area contributed by atoms with E-state index in [4.69, 9.17) is 0 Å². The first-order valence-corrected chi connectivity index (χ1v) is 8.14. The molecule has 0 radical (unpaired) electrons. The van der Waals surface area contributed by atoms with Gasteiger partial charge in [0, 0.05) is 17.5 Å². The quantitative estimate of drug-likeness (QED) is 0.703. The van der Waals surface area contributed by atoms with Gasteiger partial charge in [-0.05, 0) is 12.8 Å². The van der Waals surface area contributed by atoms with E-state index < -0.39 is 0 Å². The molecule has 1 aliphatic rings. The van der Waals surface area contributed by atoms with Crippen LogP contribution in [0.3, 0.4) is 0 Å². The van der Waals surface area contributed by atoms with E-state index in [2.05, 4.69) is 13.8 Å². The Hall–Kier alpha value is -0.420. The minimum atomic E-state index is -0.118. The molecule has 0 N–H and O–H groups in total. The van der Waals surface area contributed by atoms with E-state index in [0.717, 1.165) is 5.75 Å². The second-order valence-electron chi connectivity index (χ2n) is 4.88. The lowest BCUT2D eigenvalue weighted by Crippen LogP contribution is -2.31. The Bertz CT molecular complexity index is 375. The highest BCUT2D eigenvalue weighted by molar-refractivity contribution is 8.08. The van der Waals surface area contributed by atoms with Crippen molar-refractivity contribution in [1.82, 2.24) is 4.90 Å². The van der Waals surface area contributed by atoms with E-state index in [1.54, 1.807) is 0 Å². The monoisotopic (exact) mass is 287 g/mol. The molecule has 2 amide bonds. The molecule has 0 aliphatic carbocycles. The normalized spacial score (nSPS) is 16.7. The first-order chi connectivity index (χ1) is 8.38. The van der Waals surface area contributed by atoms with Crippen LogP contribution in [-0.2, 0) is 9.59 Å². The highest BCUT2D eigenvalue weighted by Gasteiger charge is 2.38. The molecule has 0 fully saturated rings. The third-order valence-electron chi connectivity index (χ3n) is 2.32. The van der Waals surface area contributed by atoms with Gasteiger partial charge in [0.05, 0.1) is 9.81 Å². The highest BCUT2D eigenvalue weighted by atomic mass is 32.2. The lowest BCUT2D eigenvalue weighted by atomic mass is 10.3. The molecule has 5 heteroatoms. The van der Waals surface area contributed by atoms with Crippen LogP contribution in [-0.4, -0.2) is 34.3 Å². The number of hydrogen-bond donors (Lipinski definition) is 0. The van der Waals surface area contributed by atoms with E-state index in [9.17, 15) is 9.59 Å². The van der Waals surface area contributed by atoms with Crippen molar-refractivity contribution in [2.75, 3.05) is 12.3 Å². The first-order valence-electron chi connectivity index (χ1n) is 6.28. The van der Waals surface area contributed by atoms with Gasteiger partial charge < -0.3 is 0 Å². The van der Waals surface area contributed by atoms with E-state index >= 15 is 0 Å². The van der Waals surface area contributed by atoms with Crippen molar-refractivity contribution in [3.8, 4) is 0 Å². The molecule has 3 nitrogen and oxygen atoms in total. The molecule has 0 spiro atoms. The molecular weight excluding hydrogens is 266 g/mol. The summed E-state index contributed by atoms with van der Waals surface area (Å²) in [7, 11) is 0. The third kappa shape index (κ3) is 3.54. The zero-order chi connectivity index (χ0) is 13.9. The maximum atomic E-state index is 12.2. The summed E-state index contributed by atoms with van der Waals surface area (Å²) in [6.45, 7) is 10.6. The Morgan fingerprint density at radius 3 is 2.06 bits per heavy atom. The smallest absolute Gasteiger partial charge is 0.268 e. The van der Waals surface area contributed by atoms with Gasteiger partial charge in [-0.2, -0.15) is 0 Å². The van der Waals surface area contributed by atoms with Crippen molar-refractivity contribution in [2.24, 2.45) is 5.92 Å². The summed E-state index contributed by atoms with van der Waals surface area (Å²) in [4.78, 5) is 26.9. The number of carbonyl (C=O) groups is 2. The summed E-state index contributed by atoms with van der Waals surface area (Å²) in [6, 6.07) is 0. The topological polar surface area (TPSA) is 37.4 Å². The maximum Gasteiger partial charge on any atom is 0.268 e. The summed E-state index contributed by atoms with van der Waals surface area (Å²) in [5, 5.41) is 0.309. The molecule has 0 bridgehead atoms. The van der Waals surface area contributed by atoms with Gasteiger partial charge >= 0.3 is 0 Å². The molecule has 1 aliphatic heterocycles. The molecule has 0 saturated heterocycles. The Labute approximate surface area is 118 Å². The standard InChI is InChI=1S/C13H21NO2S2/c1-6-14-12(15)10(17-7-8(2)3)11(13(14)16)18-9(4)5/h8-9H,6-7H2,1-5H3. The summed E-state index contributed by atoms with van der Waals surface area (Å²) >= 11 is 3.02. The van der Waals surface area contributed by atoms with E-state index in [0.29, 0.717) is 27.5 Å². The molecular formula is C13H21NO2S2. The average Bonchev–Trinajstić information content (AvgIpc) is 2.48. The second kappa shape index (κ2) is 6.66. The van der Waals surface area contributed by atoms with Gasteiger partial charge in [0.25, 0.3) is 11.8 Å². The van der Waals surface area contributed by atoms with Crippen molar-refractivity contribution in [2.45, 2.75) is 39.9 Å². The van der Waals surface area contributed by atoms with Crippen LogP contribution in [0, 0.1) is 5.92 Å². The number of carbonyl (C=O) groups excluding carboxylic acids is 2. The molecule has 1 heterocycles. The van der Waals surface area contributed by atoms with Crippen molar-refractivity contribution in [3.63, 3.8) is 0 Å². The number of rotatable bonds is 6. The summed E-state index contributed by atoms with van der Waals surface area (Å²) in [5.74, 6) is 1.14. The molecule has 18 heavy (non-hydrogen) atoms. The molecule has 102 valence electrons. The minimum absolute atomic E-state index is 0.115. The van der Waals surface area contributed by atoms with Gasteiger partial charge in [-0.1, -0.05) is 27.7 Å². The number of likely N-dealkylation sites (N-methyl/N-ethyl adjacent to an activating group) is 1. The van der Waals surface area contributed by atoms with Crippen LogP contribution < -0.4 is 0 Å². The van der Waals surface area contributed by atoms with Crippen molar-refractivity contribution in [3.05, 3.63) is 9.81 Å². The lowest BCUT2D eigenvalue weighted by Gasteiger charge is -2.11. The fraction of sp³-hybridized carbons (Fsp3) is 0.692. The first kappa shape index (κ1) is 15.6. The van der Waals surface area contributed by atoms with Crippen molar-refractivity contribution in [1.29, 1.82) is 0 Å². The Morgan fingerprint density at radius 1 is 1.06 bits per heavy atom. The summed E-state index contributed by atoms with van der Waals surface area (Å²) in [6.07, 6.45) is 0. The van der Waals surface area contributed by atoms with Crippen LogP contribution in [0.4, 0.5) is 0 Å². The molecule has 0 aromatic carbocycles. The minimum Gasteiger partial charge on any atom is -0.274 e. The molecule has 0 aromatic rings. The Kier molecular flexibility index (Phi) is 5.79. The van der Waals surface area contributed by atoms with Crippen LogP contribution in [0.15, 0.2) is 9.81 Å². The van der Waals surface area contributed by atoms with Gasteiger partial charge in [0.2, 0.25) is 0 Å². The van der Waals surface area contributed by atoms with Gasteiger partial charge in [-0.25, -0.2) is 0 Å². The van der Waals surface area contributed by atoms with Crippen LogP contribution in [0.25, 0.3) is 0 Å². The molecule has 1 rings (SSSR count). The van der Waals surface area contributed by atoms with Crippen LogP contribution in [0.5, 0.6) is 0 Å². The van der Waals surface area contributed by atoms with E-state index in [-0.39, 0.29) is 11.8 Å². The largest absolute Gasteiger partial charge is 0.274 e. The molecule has 0 saturated carbocycles. The Morgan fingerprint density at radius 2 is 1.61 bits per heavy atom. The van der Waals surface area contributed by atoms with Gasteiger partial charge in [0.1, 0.15) is 0 Å². The zero-order valence-electron chi connectivity index (χ0n) is 11.6. The van der Waals surface area contributed by atoms with Gasteiger partial charge in [-0.3, -0.25) is 14.5 Å². The summed E-state index contributed by atoms with van der Waals surface area (Å²) < 4.78 is 0. The van der Waals surface area contributed by atoms with Crippen LogP contribution in [0.2, 0.25) is 0 Å². The predicted octanol–water partition coefficient (Wildman–Crippen LogP) is 3.12. The highest BCUT2D eigenvalue weighted by Crippen LogP contribution is 2.38. The van der Waals surface area contributed by atoms with Gasteiger partial charge in [0.15, 0.2) is 0 Å². The SMILES string of the molecule is CCN1C(=O)C(SCC(C)C)=C(SC(C)C)C1=O. The van der Waals surface area contributed by atoms with E-state index in [1.165, 1.54) is 28.4 Å². The predicted molar refractivity (Wildman–Crippen MR) is 79.4 cm³/mol. The maximum absolute atomic E-state index is 12.2. The number of amides is 2. The third-order valence-corrected chi connectivity index (χ3v) is 5.03. The van der Waals surface area contributed by atoms with Crippen molar-refractivity contribution < 1.29 is 9.59 Å². The molecule has 0 unspecified atom stereocenters. The fourth-order valence-corrected chi connectivity index (χ4v) is 3.69. The molecule has 0 aromatic heterocycles. The number of hydrogen-bond acceptors (Lipinski definition) is 4. The van der Waals surface area contributed by atoms with Gasteiger partial charge in [-0.15, -0.1) is 23.5 Å². The van der Waals surface area contributed by atoms with Crippen LogP contribution >= 0.6 is 23.5 Å². The number of imide groups is 1. The lowest BCUT2D eigenvalue weighted by molar-refractivity contribution is -0.136. The fourth-order valence-electron chi connectivity index (χ4n) is 1.54. The average molecular weight is 287 g/mol. The Balaban J connectivity index is 2.96. The second-order valence-corrected chi connectivity index (χ2v) is 7.50. The summed E-state index contributed by atoms with van der Waals surface area (Å²) in [5.41, 5.74) is 0. The zero-order valence-corrected chi connectivity index (χ0v) is 13.3. The van der Waals surface area contributed by atoms with Crippen LogP contribution in [0.1, 0.15) is 34.6 Å². The van der Waals surface area contributed by atoms with E-state index in [1.807, 2.05) is 20.8 Å². The number of thioether (sulfide) groups is 2. The number of nitrogens with zero attached hydrogens (tertiary/aromatic N) is 1. The molecule has 0 atom stereocenters. The van der Waals surface area contributed by atoms with Crippen molar-refractivity contribution >= 4 is 35.3 Å².